The van der Waals surface area contributed by atoms with Crippen molar-refractivity contribution in [2.45, 2.75) is 38.7 Å². The molecule has 3 atom stereocenters. The second-order valence-electron chi connectivity index (χ2n) is 8.87. The Balaban J connectivity index is 1.36. The molecule has 0 unspecified atom stereocenters. The van der Waals surface area contributed by atoms with Gasteiger partial charge in [0.1, 0.15) is 29.7 Å². The molecule has 2 aromatic carbocycles. The summed E-state index contributed by atoms with van der Waals surface area (Å²) in [5.74, 6) is -0.904. The molecular formula is C28H25NO5S2. The summed E-state index contributed by atoms with van der Waals surface area (Å²) in [6.45, 7) is 3.86. The van der Waals surface area contributed by atoms with Crippen LogP contribution in [0.5, 0.6) is 0 Å². The minimum absolute atomic E-state index is 0.0520. The van der Waals surface area contributed by atoms with Crippen molar-refractivity contribution in [3.8, 4) is 0 Å². The van der Waals surface area contributed by atoms with Gasteiger partial charge in [-0.3, -0.25) is 0 Å². The van der Waals surface area contributed by atoms with Crippen LogP contribution in [0.15, 0.2) is 72.2 Å². The zero-order valence-corrected chi connectivity index (χ0v) is 21.5. The lowest BCUT2D eigenvalue weighted by atomic mass is 10.1. The van der Waals surface area contributed by atoms with E-state index in [0.29, 0.717) is 22.2 Å². The first-order chi connectivity index (χ1) is 17.4. The van der Waals surface area contributed by atoms with Crippen LogP contribution in [0.3, 0.4) is 0 Å². The van der Waals surface area contributed by atoms with Gasteiger partial charge in [-0.15, -0.1) is 11.3 Å². The highest BCUT2D eigenvalue weighted by molar-refractivity contribution is 7.71. The van der Waals surface area contributed by atoms with Crippen molar-refractivity contribution in [1.82, 2.24) is 4.57 Å². The largest absolute Gasteiger partial charge is 0.459 e. The predicted molar refractivity (Wildman–Crippen MR) is 141 cm³/mol. The van der Waals surface area contributed by atoms with Crippen LogP contribution in [0.25, 0.3) is 10.1 Å². The molecule has 8 heteroatoms. The van der Waals surface area contributed by atoms with E-state index in [1.165, 1.54) is 0 Å². The highest BCUT2D eigenvalue weighted by Crippen LogP contribution is 2.34. The third-order valence-corrected chi connectivity index (χ3v) is 7.72. The Labute approximate surface area is 218 Å². The number of ether oxygens (including phenoxy) is 3. The lowest BCUT2D eigenvalue weighted by molar-refractivity contribution is -0.0574. The zero-order valence-electron chi connectivity index (χ0n) is 19.9. The van der Waals surface area contributed by atoms with Crippen LogP contribution in [-0.4, -0.2) is 35.3 Å². The van der Waals surface area contributed by atoms with E-state index in [1.54, 1.807) is 35.6 Å². The molecule has 1 fully saturated rings. The van der Waals surface area contributed by atoms with Gasteiger partial charge in [-0.25, -0.2) is 9.59 Å². The average Bonchev–Trinajstić information content (AvgIpc) is 3.51. The molecule has 1 aliphatic heterocycles. The second-order valence-corrected chi connectivity index (χ2v) is 10.2. The van der Waals surface area contributed by atoms with Crippen LogP contribution in [0.2, 0.25) is 0 Å². The summed E-state index contributed by atoms with van der Waals surface area (Å²) < 4.78 is 21.2. The first kappa shape index (κ1) is 24.4. The molecule has 0 aliphatic carbocycles. The Morgan fingerprint density at radius 3 is 2.28 bits per heavy atom. The molecule has 0 amide bonds. The van der Waals surface area contributed by atoms with Crippen LogP contribution in [-0.2, 0) is 14.2 Å². The molecule has 1 saturated heterocycles. The van der Waals surface area contributed by atoms with Gasteiger partial charge >= 0.3 is 11.9 Å². The van der Waals surface area contributed by atoms with Gasteiger partial charge in [0.05, 0.1) is 15.8 Å². The third kappa shape index (κ3) is 5.11. The summed E-state index contributed by atoms with van der Waals surface area (Å²) >= 11 is 7.29. The van der Waals surface area contributed by atoms with E-state index in [9.17, 15) is 9.59 Å². The molecule has 0 N–H and O–H groups in total. The lowest BCUT2D eigenvalue weighted by Crippen LogP contribution is -2.32. The number of pyridine rings is 1. The standard InChI is InChI=1S/C28H25NO5S2/c1-17-3-7-20(8-4-17)27(30)32-16-23-22(34-28(31)21-9-5-18(2)6-10-21)15-24(33-23)29-13-11-19-12-14-36-25(19)26(29)35/h3-14,22-24H,15-16H2,1-2H3/t22-,23+,24-/m0/s1. The maximum atomic E-state index is 12.9. The minimum atomic E-state index is -0.639. The SMILES string of the molecule is Cc1ccc(C(=O)OC[C@H]2O[C@H](n3ccc4ccsc4c3=S)C[C@@H]2OC(=O)c2ccc(C)cc2)cc1. The number of thiophene rings is 1. The number of aryl methyl sites for hydroxylation is 2. The molecule has 184 valence electrons. The Bertz CT molecular complexity index is 1460. The number of nitrogens with zero attached hydrogens (tertiary/aromatic N) is 1. The van der Waals surface area contributed by atoms with Crippen LogP contribution in [0.1, 0.15) is 44.5 Å². The average molecular weight is 520 g/mol. The summed E-state index contributed by atoms with van der Waals surface area (Å²) in [5, 5.41) is 3.07. The summed E-state index contributed by atoms with van der Waals surface area (Å²) in [6, 6.07) is 18.4. The van der Waals surface area contributed by atoms with Crippen molar-refractivity contribution in [3.05, 3.63) is 99.1 Å². The normalized spacial score (nSPS) is 19.3. The lowest BCUT2D eigenvalue weighted by Gasteiger charge is -2.19. The first-order valence-corrected chi connectivity index (χ1v) is 12.9. The Hall–Kier alpha value is -3.33. The van der Waals surface area contributed by atoms with E-state index in [0.717, 1.165) is 21.2 Å². The predicted octanol–water partition coefficient (Wildman–Crippen LogP) is 6.42. The van der Waals surface area contributed by atoms with Gasteiger partial charge in [0.15, 0.2) is 0 Å². The molecule has 0 spiro atoms. The second kappa shape index (κ2) is 10.3. The van der Waals surface area contributed by atoms with Crippen LogP contribution in [0.4, 0.5) is 0 Å². The number of rotatable bonds is 6. The maximum absolute atomic E-state index is 12.9. The number of aromatic nitrogens is 1. The van der Waals surface area contributed by atoms with Gasteiger partial charge in [-0.1, -0.05) is 47.6 Å². The Kier molecular flexibility index (Phi) is 7.00. The summed E-state index contributed by atoms with van der Waals surface area (Å²) in [7, 11) is 0. The number of carbonyl (C=O) groups is 2. The molecule has 5 rings (SSSR count). The van der Waals surface area contributed by atoms with Crippen molar-refractivity contribution >= 4 is 45.6 Å². The van der Waals surface area contributed by atoms with Crippen molar-refractivity contribution in [3.63, 3.8) is 0 Å². The third-order valence-electron chi connectivity index (χ3n) is 6.24. The van der Waals surface area contributed by atoms with Crippen molar-refractivity contribution in [2.24, 2.45) is 0 Å². The fourth-order valence-electron chi connectivity index (χ4n) is 4.17. The molecular weight excluding hydrogens is 494 g/mol. The minimum Gasteiger partial charge on any atom is -0.459 e. The topological polar surface area (TPSA) is 66.8 Å². The number of benzene rings is 2. The highest BCUT2D eigenvalue weighted by atomic mass is 32.1. The quantitative estimate of drug-likeness (QED) is 0.216. The van der Waals surface area contributed by atoms with E-state index in [4.69, 9.17) is 26.4 Å². The van der Waals surface area contributed by atoms with Gasteiger partial charge in [-0.05, 0) is 61.0 Å². The maximum Gasteiger partial charge on any atom is 0.338 e. The molecule has 2 aromatic heterocycles. The molecule has 1 aliphatic rings. The van der Waals surface area contributed by atoms with Gasteiger partial charge in [0, 0.05) is 12.6 Å². The number of carbonyl (C=O) groups excluding carboxylic acids is 2. The number of esters is 2. The molecule has 0 saturated carbocycles. The van der Waals surface area contributed by atoms with Crippen molar-refractivity contribution in [1.29, 1.82) is 0 Å². The van der Waals surface area contributed by atoms with Crippen LogP contribution >= 0.6 is 23.6 Å². The first-order valence-electron chi connectivity index (χ1n) is 11.6. The van der Waals surface area contributed by atoms with E-state index < -0.39 is 30.4 Å². The van der Waals surface area contributed by atoms with Gasteiger partial charge < -0.3 is 18.8 Å². The van der Waals surface area contributed by atoms with E-state index in [-0.39, 0.29) is 6.61 Å². The molecule has 3 heterocycles. The van der Waals surface area contributed by atoms with Crippen molar-refractivity contribution < 1.29 is 23.8 Å². The molecule has 0 bridgehead atoms. The Morgan fingerprint density at radius 2 is 1.61 bits per heavy atom. The smallest absolute Gasteiger partial charge is 0.338 e. The number of hydrogen-bond acceptors (Lipinski definition) is 7. The van der Waals surface area contributed by atoms with Gasteiger partial charge in [0.2, 0.25) is 0 Å². The summed E-state index contributed by atoms with van der Waals surface area (Å²) in [4.78, 5) is 25.5. The van der Waals surface area contributed by atoms with Crippen molar-refractivity contribution in [2.75, 3.05) is 6.61 Å². The molecule has 4 aromatic rings. The molecule has 36 heavy (non-hydrogen) atoms. The monoisotopic (exact) mass is 519 g/mol. The fraction of sp³-hybridized carbons (Fsp3) is 0.250. The van der Waals surface area contributed by atoms with E-state index >= 15 is 0 Å². The van der Waals surface area contributed by atoms with Crippen LogP contribution in [0, 0.1) is 18.5 Å². The van der Waals surface area contributed by atoms with Gasteiger partial charge in [-0.2, -0.15) is 0 Å². The number of hydrogen-bond donors (Lipinski definition) is 0. The van der Waals surface area contributed by atoms with E-state index in [2.05, 4.69) is 0 Å². The summed E-state index contributed by atoms with van der Waals surface area (Å²) in [5.41, 5.74) is 3.01. The van der Waals surface area contributed by atoms with E-state index in [1.807, 2.05) is 66.4 Å². The Morgan fingerprint density at radius 1 is 0.972 bits per heavy atom. The zero-order chi connectivity index (χ0) is 25.2. The van der Waals surface area contributed by atoms with Gasteiger partial charge in [0.25, 0.3) is 0 Å². The molecule has 0 radical (unpaired) electrons. The highest BCUT2D eigenvalue weighted by Gasteiger charge is 2.40. The number of fused-ring (bicyclic) bond motifs is 1. The molecule has 6 nitrogen and oxygen atoms in total. The summed E-state index contributed by atoms with van der Waals surface area (Å²) in [6.07, 6.45) is 0.565. The van der Waals surface area contributed by atoms with Crippen LogP contribution < -0.4 is 0 Å². The fourth-order valence-corrected chi connectivity index (χ4v) is 5.44.